The molecular weight excluding hydrogens is 633 g/mol. The maximum Gasteiger partial charge on any atom is 0.266 e. The topological polar surface area (TPSA) is 107 Å². The molecule has 230 valence electrons. The third-order valence-corrected chi connectivity index (χ3v) is 10.7. The Balaban J connectivity index is 1.54. The van der Waals surface area contributed by atoms with Crippen LogP contribution in [0.2, 0.25) is 10.0 Å². The molecule has 45 heavy (non-hydrogen) atoms. The molecule has 0 saturated carbocycles. The van der Waals surface area contributed by atoms with E-state index in [-0.39, 0.29) is 27.7 Å². The summed E-state index contributed by atoms with van der Waals surface area (Å²) in [5, 5.41) is 10.5. The van der Waals surface area contributed by atoms with Crippen molar-refractivity contribution in [1.29, 1.82) is 5.26 Å². The molecule has 0 N–H and O–H groups in total. The van der Waals surface area contributed by atoms with Crippen molar-refractivity contribution in [1.82, 2.24) is 14.4 Å². The van der Waals surface area contributed by atoms with Crippen LogP contribution in [-0.4, -0.2) is 54.9 Å². The van der Waals surface area contributed by atoms with Gasteiger partial charge in [0.15, 0.2) is 0 Å². The van der Waals surface area contributed by atoms with Crippen LogP contribution in [0.1, 0.15) is 41.3 Å². The molecule has 0 aliphatic carbocycles. The highest BCUT2D eigenvalue weighted by molar-refractivity contribution is 7.92. The summed E-state index contributed by atoms with van der Waals surface area (Å²) in [6.45, 7) is 4.27. The van der Waals surface area contributed by atoms with Crippen molar-refractivity contribution in [3.63, 3.8) is 0 Å². The number of amides is 1. The lowest BCUT2D eigenvalue weighted by Crippen LogP contribution is -2.48. The van der Waals surface area contributed by atoms with Gasteiger partial charge in [-0.05, 0) is 65.7 Å². The van der Waals surface area contributed by atoms with Gasteiger partial charge in [0.25, 0.3) is 15.6 Å². The highest BCUT2D eigenvalue weighted by Crippen LogP contribution is 2.49. The molecule has 0 spiro atoms. The first-order chi connectivity index (χ1) is 21.6. The summed E-state index contributed by atoms with van der Waals surface area (Å²) >= 11 is 12.5. The minimum absolute atomic E-state index is 0.0212. The normalized spacial score (nSPS) is 18.4. The van der Waals surface area contributed by atoms with Crippen LogP contribution in [-0.2, 0) is 21.4 Å². The highest BCUT2D eigenvalue weighted by Gasteiger charge is 2.47. The molecule has 2 atom stereocenters. The van der Waals surface area contributed by atoms with Crippen LogP contribution >= 0.6 is 23.2 Å². The van der Waals surface area contributed by atoms with Crippen LogP contribution < -0.4 is 9.86 Å². The van der Waals surface area contributed by atoms with Crippen molar-refractivity contribution in [2.24, 2.45) is 0 Å². The van der Waals surface area contributed by atoms with Gasteiger partial charge in [0.1, 0.15) is 5.82 Å². The standard InChI is InChI=1S/C33H29Cl2N5O4S/c1-22(41)38-17-15-37(16-18-38)21-26-9-14-30-39(33(26)42)31(24-5-10-27(34)11-6-24)32(25-7-12-28(35)13-8-25)40(30)45(43,44)29-4-2-3-23(19-29)20-36/h2-14,19,31-32H,15-18,21H2,1H3/t31-,32+/m1/s1. The zero-order chi connectivity index (χ0) is 31.9. The van der Waals surface area contributed by atoms with Crippen LogP contribution in [0.4, 0.5) is 5.82 Å². The minimum Gasteiger partial charge on any atom is -0.340 e. The molecule has 3 aromatic carbocycles. The Hall–Kier alpha value is -4.14. The minimum atomic E-state index is -4.30. The van der Waals surface area contributed by atoms with Crippen LogP contribution in [0.15, 0.2) is 94.6 Å². The number of nitriles is 1. The van der Waals surface area contributed by atoms with Crippen LogP contribution in [0.5, 0.6) is 0 Å². The number of nitrogens with zero attached hydrogens (tertiary/aromatic N) is 5. The summed E-state index contributed by atoms with van der Waals surface area (Å²) in [6.07, 6.45) is 0. The Kier molecular flexibility index (Phi) is 8.46. The third-order valence-electron chi connectivity index (χ3n) is 8.38. The third kappa shape index (κ3) is 5.85. The van der Waals surface area contributed by atoms with E-state index in [4.69, 9.17) is 23.2 Å². The van der Waals surface area contributed by atoms with Crippen LogP contribution in [0.3, 0.4) is 0 Å². The summed E-state index contributed by atoms with van der Waals surface area (Å²) in [4.78, 5) is 30.1. The summed E-state index contributed by atoms with van der Waals surface area (Å²) in [5.74, 6) is 0.223. The van der Waals surface area contributed by atoms with Gasteiger partial charge < -0.3 is 4.90 Å². The van der Waals surface area contributed by atoms with Crippen molar-refractivity contribution < 1.29 is 13.2 Å². The smallest absolute Gasteiger partial charge is 0.266 e. The summed E-state index contributed by atoms with van der Waals surface area (Å²) < 4.78 is 32.0. The fourth-order valence-corrected chi connectivity index (χ4v) is 8.05. The van der Waals surface area contributed by atoms with E-state index in [1.807, 2.05) is 6.07 Å². The molecule has 6 rings (SSSR count). The number of carbonyl (C=O) groups excluding carboxylic acids is 1. The molecular formula is C33H29Cl2N5O4S. The number of rotatable bonds is 6. The Morgan fingerprint density at radius 3 is 2.04 bits per heavy atom. The Morgan fingerprint density at radius 2 is 1.47 bits per heavy atom. The number of hydrogen-bond donors (Lipinski definition) is 0. The van der Waals surface area contributed by atoms with E-state index in [9.17, 15) is 23.3 Å². The van der Waals surface area contributed by atoms with Gasteiger partial charge in [-0.25, -0.2) is 12.7 Å². The number of hydrogen-bond acceptors (Lipinski definition) is 6. The van der Waals surface area contributed by atoms with Gasteiger partial charge >= 0.3 is 0 Å². The number of halogens is 2. The molecule has 2 aliphatic heterocycles. The fourth-order valence-electron chi connectivity index (χ4n) is 6.11. The van der Waals surface area contributed by atoms with Gasteiger partial charge in [0, 0.05) is 55.3 Å². The predicted octanol–water partition coefficient (Wildman–Crippen LogP) is 5.23. The van der Waals surface area contributed by atoms with Crippen molar-refractivity contribution in [2.75, 3.05) is 30.5 Å². The SMILES string of the molecule is CC(=O)N1CCN(Cc2ccc3n(c2=O)[C@H](c2ccc(Cl)cc2)[C@H](c2ccc(Cl)cc2)N3S(=O)(=O)c2cccc(C#N)c2)CC1. The predicted molar refractivity (Wildman–Crippen MR) is 173 cm³/mol. The summed E-state index contributed by atoms with van der Waals surface area (Å²) in [7, 11) is -4.30. The Morgan fingerprint density at radius 1 is 0.867 bits per heavy atom. The van der Waals surface area contributed by atoms with E-state index in [0.717, 1.165) is 0 Å². The van der Waals surface area contributed by atoms with Gasteiger partial charge in [0.2, 0.25) is 5.91 Å². The van der Waals surface area contributed by atoms with Crippen LogP contribution in [0, 0.1) is 11.3 Å². The molecule has 4 aromatic rings. The highest BCUT2D eigenvalue weighted by atomic mass is 35.5. The molecule has 2 aliphatic rings. The van der Waals surface area contributed by atoms with E-state index < -0.39 is 22.1 Å². The largest absolute Gasteiger partial charge is 0.340 e. The van der Waals surface area contributed by atoms with E-state index in [2.05, 4.69) is 4.90 Å². The van der Waals surface area contributed by atoms with Gasteiger partial charge in [-0.15, -0.1) is 0 Å². The molecule has 1 amide bonds. The molecule has 0 unspecified atom stereocenters. The number of aromatic nitrogens is 1. The first-order valence-corrected chi connectivity index (χ1v) is 16.6. The lowest BCUT2D eigenvalue weighted by molar-refractivity contribution is -0.130. The zero-order valence-corrected chi connectivity index (χ0v) is 26.6. The van der Waals surface area contributed by atoms with Gasteiger partial charge in [0.05, 0.1) is 28.6 Å². The quantitative estimate of drug-likeness (QED) is 0.280. The second kappa shape index (κ2) is 12.3. The van der Waals surface area contributed by atoms with Gasteiger partial charge in [-0.2, -0.15) is 5.26 Å². The number of piperazine rings is 1. The van der Waals surface area contributed by atoms with Crippen molar-refractivity contribution in [3.05, 3.63) is 128 Å². The monoisotopic (exact) mass is 661 g/mol. The Labute approximate surface area is 271 Å². The first kappa shape index (κ1) is 30.9. The van der Waals surface area contributed by atoms with Crippen molar-refractivity contribution in [2.45, 2.75) is 30.4 Å². The molecule has 12 heteroatoms. The van der Waals surface area contributed by atoms with E-state index in [1.165, 1.54) is 28.6 Å². The number of carbonyl (C=O) groups is 1. The number of benzene rings is 3. The molecule has 0 bridgehead atoms. The molecule has 9 nitrogen and oxygen atoms in total. The summed E-state index contributed by atoms with van der Waals surface area (Å²) in [5.41, 5.74) is 1.71. The van der Waals surface area contributed by atoms with Gasteiger partial charge in [-0.3, -0.25) is 19.1 Å². The average Bonchev–Trinajstić information content (AvgIpc) is 3.40. The average molecular weight is 663 g/mol. The molecule has 3 heterocycles. The second-order valence-corrected chi connectivity index (χ2v) is 13.8. The summed E-state index contributed by atoms with van der Waals surface area (Å²) in [6, 6.07) is 23.5. The molecule has 1 fully saturated rings. The molecule has 1 saturated heterocycles. The van der Waals surface area contributed by atoms with Crippen LogP contribution in [0.25, 0.3) is 0 Å². The molecule has 1 aromatic heterocycles. The lowest BCUT2D eigenvalue weighted by atomic mass is 9.94. The maximum atomic E-state index is 14.6. The van der Waals surface area contributed by atoms with E-state index >= 15 is 0 Å². The first-order valence-electron chi connectivity index (χ1n) is 14.4. The fraction of sp³-hybridized carbons (Fsp3) is 0.242. The number of fused-ring (bicyclic) bond motifs is 1. The number of sulfonamides is 1. The van der Waals surface area contributed by atoms with Gasteiger partial charge in [-0.1, -0.05) is 53.5 Å². The molecule has 0 radical (unpaired) electrons. The maximum absolute atomic E-state index is 14.6. The number of pyridine rings is 1. The second-order valence-electron chi connectivity index (χ2n) is 11.1. The van der Waals surface area contributed by atoms with E-state index in [1.54, 1.807) is 77.1 Å². The van der Waals surface area contributed by atoms with E-state index in [0.29, 0.717) is 59.5 Å². The lowest BCUT2D eigenvalue weighted by Gasteiger charge is -2.34. The number of anilines is 1. The van der Waals surface area contributed by atoms with Crippen molar-refractivity contribution in [3.8, 4) is 6.07 Å². The van der Waals surface area contributed by atoms with Crippen molar-refractivity contribution >= 4 is 45.0 Å². The zero-order valence-electron chi connectivity index (χ0n) is 24.3. The Bertz CT molecular complexity index is 1970.